The number of carbonyl (C=O) groups excluding carboxylic acids is 1. The zero-order valence-electron chi connectivity index (χ0n) is 9.71. The average Bonchev–Trinajstić information content (AvgIpc) is 2.09. The van der Waals surface area contributed by atoms with Crippen LogP contribution in [-0.2, 0) is 9.53 Å². The van der Waals surface area contributed by atoms with E-state index in [1.165, 1.54) is 0 Å². The van der Waals surface area contributed by atoms with Gasteiger partial charge in [0, 0.05) is 38.6 Å². The summed E-state index contributed by atoms with van der Waals surface area (Å²) in [5.74, 6) is 1.27. The summed E-state index contributed by atoms with van der Waals surface area (Å²) >= 11 is 0. The van der Waals surface area contributed by atoms with E-state index in [4.69, 9.17) is 4.74 Å². The van der Waals surface area contributed by atoms with E-state index in [9.17, 15) is 4.79 Å². The Balaban J connectivity index is 1.89. The van der Waals surface area contributed by atoms with Crippen LogP contribution in [0, 0.1) is 11.8 Å². The molecule has 15 heavy (non-hydrogen) atoms. The zero-order chi connectivity index (χ0) is 11.1. The summed E-state index contributed by atoms with van der Waals surface area (Å²) in [6.45, 7) is 8.34. The highest BCUT2D eigenvalue weighted by Crippen LogP contribution is 2.00. The maximum absolute atomic E-state index is 11.3. The number of hydrogen-bond acceptors (Lipinski definition) is 3. The molecule has 2 N–H and O–H groups in total. The van der Waals surface area contributed by atoms with Crippen molar-refractivity contribution < 1.29 is 9.53 Å². The van der Waals surface area contributed by atoms with Crippen molar-refractivity contribution in [1.29, 1.82) is 0 Å². The van der Waals surface area contributed by atoms with Gasteiger partial charge in [0.15, 0.2) is 0 Å². The molecule has 0 bridgehead atoms. The molecule has 0 aromatic carbocycles. The molecule has 0 atom stereocenters. The summed E-state index contributed by atoms with van der Waals surface area (Å²) in [7, 11) is 0. The van der Waals surface area contributed by atoms with E-state index < -0.39 is 0 Å². The van der Waals surface area contributed by atoms with Crippen molar-refractivity contribution in [3.63, 3.8) is 0 Å². The first-order valence-electron chi connectivity index (χ1n) is 5.73. The van der Waals surface area contributed by atoms with E-state index >= 15 is 0 Å². The van der Waals surface area contributed by atoms with E-state index in [1.807, 2.05) is 0 Å². The molecular weight excluding hydrogens is 192 g/mol. The average molecular weight is 214 g/mol. The maximum Gasteiger partial charge on any atom is 0.222 e. The molecule has 0 spiro atoms. The maximum atomic E-state index is 11.3. The van der Waals surface area contributed by atoms with Gasteiger partial charge in [-0.3, -0.25) is 4.79 Å². The first kappa shape index (κ1) is 12.5. The second-order valence-electron chi connectivity index (χ2n) is 4.55. The van der Waals surface area contributed by atoms with Crippen LogP contribution in [0.1, 0.15) is 20.3 Å². The molecule has 88 valence electrons. The third-order valence-electron chi connectivity index (χ3n) is 2.38. The zero-order valence-corrected chi connectivity index (χ0v) is 9.71. The predicted molar refractivity (Wildman–Crippen MR) is 59.6 cm³/mol. The van der Waals surface area contributed by atoms with Crippen molar-refractivity contribution in [2.45, 2.75) is 20.3 Å². The van der Waals surface area contributed by atoms with Crippen LogP contribution < -0.4 is 10.6 Å². The lowest BCUT2D eigenvalue weighted by Crippen LogP contribution is -2.48. The number of rotatable bonds is 7. The molecule has 0 aromatic rings. The highest BCUT2D eigenvalue weighted by molar-refractivity contribution is 5.75. The van der Waals surface area contributed by atoms with Gasteiger partial charge >= 0.3 is 0 Å². The van der Waals surface area contributed by atoms with Crippen molar-refractivity contribution in [3.8, 4) is 0 Å². The van der Waals surface area contributed by atoms with E-state index in [0.717, 1.165) is 26.2 Å². The lowest BCUT2D eigenvalue weighted by Gasteiger charge is -2.27. The largest absolute Gasteiger partial charge is 0.381 e. The summed E-state index contributed by atoms with van der Waals surface area (Å²) in [6, 6.07) is 0. The Morgan fingerprint density at radius 1 is 1.53 bits per heavy atom. The monoisotopic (exact) mass is 214 g/mol. The minimum absolute atomic E-state index is 0.102. The van der Waals surface area contributed by atoms with Crippen molar-refractivity contribution in [3.05, 3.63) is 0 Å². The summed E-state index contributed by atoms with van der Waals surface area (Å²) in [6.07, 6.45) is 0.479. The molecule has 1 heterocycles. The third-order valence-corrected chi connectivity index (χ3v) is 2.38. The lowest BCUT2D eigenvalue weighted by molar-refractivity contribution is -0.122. The Morgan fingerprint density at radius 3 is 2.80 bits per heavy atom. The van der Waals surface area contributed by atoms with Gasteiger partial charge in [-0.1, -0.05) is 13.8 Å². The predicted octanol–water partition coefficient (Wildman–Crippen LogP) is 0.385. The molecule has 1 fully saturated rings. The summed E-state index contributed by atoms with van der Waals surface area (Å²) in [5.41, 5.74) is 0. The number of ether oxygens (including phenoxy) is 1. The van der Waals surface area contributed by atoms with Gasteiger partial charge in [-0.15, -0.1) is 0 Å². The van der Waals surface area contributed by atoms with E-state index in [1.54, 1.807) is 0 Å². The fourth-order valence-electron chi connectivity index (χ4n) is 1.32. The Kier molecular flexibility index (Phi) is 5.65. The molecule has 1 aliphatic rings. The third kappa shape index (κ3) is 5.74. The fourth-order valence-corrected chi connectivity index (χ4v) is 1.32. The molecule has 0 radical (unpaired) electrons. The van der Waals surface area contributed by atoms with Gasteiger partial charge in [0.05, 0.1) is 6.61 Å². The highest BCUT2D eigenvalue weighted by atomic mass is 16.5. The van der Waals surface area contributed by atoms with Crippen molar-refractivity contribution in [1.82, 2.24) is 10.6 Å². The van der Waals surface area contributed by atoms with Crippen LogP contribution >= 0.6 is 0 Å². The van der Waals surface area contributed by atoms with Gasteiger partial charge < -0.3 is 15.4 Å². The molecule has 0 aliphatic carbocycles. The molecule has 1 rings (SSSR count). The smallest absolute Gasteiger partial charge is 0.222 e. The fraction of sp³-hybridized carbons (Fsp3) is 0.909. The van der Waals surface area contributed by atoms with Crippen molar-refractivity contribution in [2.24, 2.45) is 11.8 Å². The number of amides is 1. The highest BCUT2D eigenvalue weighted by Gasteiger charge is 2.16. The molecule has 1 aliphatic heterocycles. The lowest BCUT2D eigenvalue weighted by atomic mass is 10.0. The number of hydrogen-bond donors (Lipinski definition) is 2. The van der Waals surface area contributed by atoms with Crippen LogP contribution in [0.25, 0.3) is 0 Å². The van der Waals surface area contributed by atoms with Crippen LogP contribution in [-0.4, -0.2) is 38.8 Å². The quantitative estimate of drug-likeness (QED) is 0.603. The van der Waals surface area contributed by atoms with E-state index in [-0.39, 0.29) is 5.91 Å². The minimum Gasteiger partial charge on any atom is -0.381 e. The molecule has 1 amide bonds. The van der Waals surface area contributed by atoms with Crippen LogP contribution in [0.15, 0.2) is 0 Å². The summed E-state index contributed by atoms with van der Waals surface area (Å²) in [5, 5.41) is 6.09. The van der Waals surface area contributed by atoms with E-state index in [2.05, 4.69) is 24.5 Å². The molecule has 1 saturated heterocycles. The van der Waals surface area contributed by atoms with Crippen molar-refractivity contribution >= 4 is 5.91 Å². The van der Waals surface area contributed by atoms with Gasteiger partial charge in [-0.2, -0.15) is 0 Å². The molecular formula is C11H22N2O2. The SMILES string of the molecule is CC(C)COCCC(=O)NCC1CNC1. The van der Waals surface area contributed by atoms with Gasteiger partial charge in [-0.05, 0) is 5.92 Å². The Hall–Kier alpha value is -0.610. The normalized spacial score (nSPS) is 16.5. The van der Waals surface area contributed by atoms with Gasteiger partial charge in [-0.25, -0.2) is 0 Å². The molecule has 0 saturated carbocycles. The van der Waals surface area contributed by atoms with Crippen molar-refractivity contribution in [2.75, 3.05) is 32.8 Å². The number of carbonyl (C=O) groups is 1. The molecule has 0 aromatic heterocycles. The minimum atomic E-state index is 0.102. The summed E-state index contributed by atoms with van der Waals surface area (Å²) in [4.78, 5) is 11.3. The second kappa shape index (κ2) is 6.80. The van der Waals surface area contributed by atoms with Gasteiger partial charge in [0.25, 0.3) is 0 Å². The van der Waals surface area contributed by atoms with Crippen LogP contribution in [0.3, 0.4) is 0 Å². The first-order valence-corrected chi connectivity index (χ1v) is 5.73. The van der Waals surface area contributed by atoms with E-state index in [0.29, 0.717) is 24.9 Å². The molecule has 4 heteroatoms. The van der Waals surface area contributed by atoms with Gasteiger partial charge in [0.2, 0.25) is 5.91 Å². The van der Waals surface area contributed by atoms with Crippen LogP contribution in [0.4, 0.5) is 0 Å². The summed E-state index contributed by atoms with van der Waals surface area (Å²) < 4.78 is 5.34. The Morgan fingerprint density at radius 2 is 2.27 bits per heavy atom. The Labute approximate surface area is 91.8 Å². The first-order chi connectivity index (χ1) is 7.18. The number of nitrogens with one attached hydrogen (secondary N) is 2. The van der Waals surface area contributed by atoms with Crippen LogP contribution in [0.2, 0.25) is 0 Å². The standard InChI is InChI=1S/C11H22N2O2/c1-9(2)8-15-4-3-11(14)13-7-10-5-12-6-10/h9-10,12H,3-8H2,1-2H3,(H,13,14). The second-order valence-corrected chi connectivity index (χ2v) is 4.55. The van der Waals surface area contributed by atoms with Crippen LogP contribution in [0.5, 0.6) is 0 Å². The molecule has 0 unspecified atom stereocenters. The topological polar surface area (TPSA) is 50.4 Å². The molecule has 4 nitrogen and oxygen atoms in total. The van der Waals surface area contributed by atoms with Gasteiger partial charge in [0.1, 0.15) is 0 Å². The Bertz CT molecular complexity index is 191.